The Morgan fingerprint density at radius 2 is 1.78 bits per heavy atom. The molecule has 0 bridgehead atoms. The van der Waals surface area contributed by atoms with Gasteiger partial charge in [0.2, 0.25) is 0 Å². The van der Waals surface area contributed by atoms with E-state index in [0.717, 1.165) is 55.9 Å². The number of benzene rings is 1. The molecule has 2 N–H and O–H groups in total. The van der Waals surface area contributed by atoms with Crippen LogP contribution in [-0.2, 0) is 12.8 Å². The molecule has 0 saturated carbocycles. The largest absolute Gasteiger partial charge is 0.356 e. The van der Waals surface area contributed by atoms with E-state index in [0.29, 0.717) is 5.15 Å². The Labute approximate surface area is 164 Å². The molecule has 1 heterocycles. The number of pyridine rings is 1. The lowest BCUT2D eigenvalue weighted by atomic mass is 10.1. The fourth-order valence-electron chi connectivity index (χ4n) is 2.55. The second-order valence-corrected chi connectivity index (χ2v) is 6.43. The van der Waals surface area contributed by atoms with Crippen LogP contribution in [0.3, 0.4) is 0 Å². The van der Waals surface area contributed by atoms with Crippen molar-refractivity contribution in [2.45, 2.75) is 25.7 Å². The van der Waals surface area contributed by atoms with E-state index in [9.17, 15) is 10.1 Å². The van der Waals surface area contributed by atoms with E-state index < -0.39 is 0 Å². The zero-order chi connectivity index (χ0) is 19.5. The van der Waals surface area contributed by atoms with Crippen molar-refractivity contribution in [3.63, 3.8) is 0 Å². The molecule has 0 spiro atoms. The third-order valence-electron chi connectivity index (χ3n) is 4.05. The number of guanidine groups is 1. The Balaban J connectivity index is 1.60. The molecule has 27 heavy (non-hydrogen) atoms. The lowest BCUT2D eigenvalue weighted by molar-refractivity contribution is -0.384. The number of aliphatic imine (C=N–C) groups is 1. The van der Waals surface area contributed by atoms with Gasteiger partial charge in [0.25, 0.3) is 5.69 Å². The third-order valence-corrected chi connectivity index (χ3v) is 4.27. The maximum atomic E-state index is 10.6. The van der Waals surface area contributed by atoms with Crippen LogP contribution in [0.25, 0.3) is 0 Å². The van der Waals surface area contributed by atoms with Crippen molar-refractivity contribution in [1.82, 2.24) is 15.6 Å². The topological polar surface area (TPSA) is 92.5 Å². The minimum absolute atomic E-state index is 0.129. The van der Waals surface area contributed by atoms with Crippen LogP contribution >= 0.6 is 11.6 Å². The molecule has 0 amide bonds. The Morgan fingerprint density at radius 1 is 1.07 bits per heavy atom. The molecular formula is C19H24ClN5O2. The van der Waals surface area contributed by atoms with Crippen molar-refractivity contribution in [2.75, 3.05) is 20.1 Å². The van der Waals surface area contributed by atoms with Crippen LogP contribution in [-0.4, -0.2) is 36.0 Å². The maximum Gasteiger partial charge on any atom is 0.269 e. The molecule has 144 valence electrons. The van der Waals surface area contributed by atoms with Crippen molar-refractivity contribution < 1.29 is 4.92 Å². The van der Waals surface area contributed by atoms with E-state index >= 15 is 0 Å². The molecule has 1 aromatic carbocycles. The Bertz CT molecular complexity index is 748. The van der Waals surface area contributed by atoms with Gasteiger partial charge in [-0.05, 0) is 42.9 Å². The molecule has 1 aromatic heterocycles. The lowest BCUT2D eigenvalue weighted by Crippen LogP contribution is -2.38. The number of halogens is 1. The molecule has 0 saturated heterocycles. The first-order valence-electron chi connectivity index (χ1n) is 8.87. The van der Waals surface area contributed by atoms with Crippen LogP contribution in [0, 0.1) is 10.1 Å². The molecule has 2 aromatic rings. The first-order chi connectivity index (χ1) is 13.1. The van der Waals surface area contributed by atoms with E-state index in [2.05, 4.69) is 20.6 Å². The number of unbranched alkanes of at least 4 members (excludes halogenated alkanes) is 1. The fraction of sp³-hybridized carbons (Fsp3) is 0.368. The molecule has 0 aliphatic heterocycles. The van der Waals surface area contributed by atoms with Gasteiger partial charge in [0, 0.05) is 38.5 Å². The molecular weight excluding hydrogens is 366 g/mol. The summed E-state index contributed by atoms with van der Waals surface area (Å²) < 4.78 is 0. The van der Waals surface area contributed by atoms with Crippen LogP contribution < -0.4 is 10.6 Å². The summed E-state index contributed by atoms with van der Waals surface area (Å²) >= 11 is 5.78. The summed E-state index contributed by atoms with van der Waals surface area (Å²) in [5.74, 6) is 0.771. The van der Waals surface area contributed by atoms with Crippen LogP contribution in [0.15, 0.2) is 47.6 Å². The summed E-state index contributed by atoms with van der Waals surface area (Å²) in [6.07, 6.45) is 5.50. The molecule has 0 fully saturated rings. The first-order valence-corrected chi connectivity index (χ1v) is 9.24. The highest BCUT2D eigenvalue weighted by atomic mass is 35.5. The normalized spacial score (nSPS) is 11.3. The highest BCUT2D eigenvalue weighted by molar-refractivity contribution is 6.29. The van der Waals surface area contributed by atoms with E-state index in [-0.39, 0.29) is 10.6 Å². The zero-order valence-electron chi connectivity index (χ0n) is 15.3. The van der Waals surface area contributed by atoms with E-state index in [1.165, 1.54) is 0 Å². The van der Waals surface area contributed by atoms with Gasteiger partial charge in [-0.1, -0.05) is 29.8 Å². The van der Waals surface area contributed by atoms with Crippen LogP contribution in [0.1, 0.15) is 24.0 Å². The molecule has 0 unspecified atom stereocenters. The predicted molar refractivity (Wildman–Crippen MR) is 108 cm³/mol. The van der Waals surface area contributed by atoms with E-state index in [1.807, 2.05) is 18.2 Å². The summed E-state index contributed by atoms with van der Waals surface area (Å²) in [5, 5.41) is 17.7. The summed E-state index contributed by atoms with van der Waals surface area (Å²) in [6.45, 7) is 1.57. The van der Waals surface area contributed by atoms with Crippen LogP contribution in [0.5, 0.6) is 0 Å². The van der Waals surface area contributed by atoms with Crippen molar-refractivity contribution in [3.8, 4) is 0 Å². The van der Waals surface area contributed by atoms with Crippen LogP contribution in [0.2, 0.25) is 5.15 Å². The number of rotatable bonds is 9. The molecule has 8 heteroatoms. The number of hydrogen-bond donors (Lipinski definition) is 2. The number of nitro benzene ring substituents is 1. The van der Waals surface area contributed by atoms with Crippen LogP contribution in [0.4, 0.5) is 5.69 Å². The Morgan fingerprint density at radius 3 is 2.41 bits per heavy atom. The highest BCUT2D eigenvalue weighted by Crippen LogP contribution is 2.13. The van der Waals surface area contributed by atoms with E-state index in [4.69, 9.17) is 11.6 Å². The second kappa shape index (κ2) is 11.1. The number of nitrogens with zero attached hydrogens (tertiary/aromatic N) is 3. The van der Waals surface area contributed by atoms with Crippen molar-refractivity contribution in [1.29, 1.82) is 0 Å². The fourth-order valence-corrected chi connectivity index (χ4v) is 2.66. The number of non-ortho nitro benzene ring substituents is 1. The molecule has 0 aliphatic carbocycles. The minimum atomic E-state index is -0.379. The second-order valence-electron chi connectivity index (χ2n) is 6.05. The standard InChI is InChI=1S/C19H24ClN5O2/c1-21-19(23-13-11-16-7-10-18(20)24-14-16)22-12-3-2-4-15-5-8-17(9-6-15)25(26)27/h5-10,14H,2-4,11-13H2,1H3,(H2,21,22,23). The number of nitrogens with one attached hydrogen (secondary N) is 2. The smallest absolute Gasteiger partial charge is 0.269 e. The van der Waals surface area contributed by atoms with Crippen molar-refractivity contribution in [3.05, 3.63) is 69.0 Å². The summed E-state index contributed by atoms with van der Waals surface area (Å²) in [6, 6.07) is 10.5. The maximum absolute atomic E-state index is 10.6. The lowest BCUT2D eigenvalue weighted by Gasteiger charge is -2.11. The van der Waals surface area contributed by atoms with Crippen molar-refractivity contribution >= 4 is 23.2 Å². The average molecular weight is 390 g/mol. The van der Waals surface area contributed by atoms with Gasteiger partial charge < -0.3 is 10.6 Å². The quantitative estimate of drug-likeness (QED) is 0.171. The number of hydrogen-bond acceptors (Lipinski definition) is 4. The van der Waals surface area contributed by atoms with E-state index in [1.54, 1.807) is 31.4 Å². The number of aromatic nitrogens is 1. The van der Waals surface area contributed by atoms with Gasteiger partial charge in [0.15, 0.2) is 5.96 Å². The van der Waals surface area contributed by atoms with Crippen molar-refractivity contribution in [2.24, 2.45) is 4.99 Å². The molecule has 0 atom stereocenters. The van der Waals surface area contributed by atoms with Gasteiger partial charge in [-0.2, -0.15) is 0 Å². The third kappa shape index (κ3) is 7.62. The molecule has 0 aliphatic rings. The summed E-state index contributed by atoms with van der Waals surface area (Å²) in [4.78, 5) is 18.5. The van der Waals surface area contributed by atoms with Gasteiger partial charge >= 0.3 is 0 Å². The zero-order valence-corrected chi connectivity index (χ0v) is 16.1. The molecule has 7 nitrogen and oxygen atoms in total. The first kappa shape index (κ1) is 20.6. The summed E-state index contributed by atoms with van der Waals surface area (Å²) in [7, 11) is 1.75. The molecule has 0 radical (unpaired) electrons. The van der Waals surface area contributed by atoms with Gasteiger partial charge in [-0.15, -0.1) is 0 Å². The SMILES string of the molecule is CN=C(NCCCCc1ccc([N+](=O)[O-])cc1)NCCc1ccc(Cl)nc1. The van der Waals surface area contributed by atoms with Gasteiger partial charge in [0.1, 0.15) is 5.15 Å². The highest BCUT2D eigenvalue weighted by Gasteiger charge is 2.04. The average Bonchev–Trinajstić information content (AvgIpc) is 2.68. The number of nitro groups is 1. The Hall–Kier alpha value is -2.67. The van der Waals surface area contributed by atoms with Gasteiger partial charge in [0.05, 0.1) is 4.92 Å². The monoisotopic (exact) mass is 389 g/mol. The summed E-state index contributed by atoms with van der Waals surface area (Å²) in [5.41, 5.74) is 2.36. The number of aryl methyl sites for hydroxylation is 1. The molecule has 2 rings (SSSR count). The van der Waals surface area contributed by atoms with Gasteiger partial charge in [-0.25, -0.2) is 4.98 Å². The predicted octanol–water partition coefficient (Wildman–Crippen LogP) is 3.37. The Kier molecular flexibility index (Phi) is 8.51. The minimum Gasteiger partial charge on any atom is -0.356 e. The van der Waals surface area contributed by atoms with Gasteiger partial charge in [-0.3, -0.25) is 15.1 Å².